The molecule has 3 rings (SSSR count). The first kappa shape index (κ1) is 23.3. The molecule has 148 valence electrons. The van der Waals surface area contributed by atoms with Crippen LogP contribution < -0.4 is 10.6 Å². The van der Waals surface area contributed by atoms with Crippen LogP contribution in [0.15, 0.2) is 48.5 Å². The van der Waals surface area contributed by atoms with Gasteiger partial charge in [-0.3, -0.25) is 4.79 Å². The molecule has 1 fully saturated rings. The Morgan fingerprint density at radius 1 is 1.07 bits per heavy atom. The summed E-state index contributed by atoms with van der Waals surface area (Å²) in [5.41, 5.74) is 10.0. The fourth-order valence-corrected chi connectivity index (χ4v) is 3.45. The van der Waals surface area contributed by atoms with E-state index in [4.69, 9.17) is 5.73 Å². The van der Waals surface area contributed by atoms with Crippen LogP contribution in [0, 0.1) is 0 Å². The predicted octanol–water partition coefficient (Wildman–Crippen LogP) is 4.22. The second-order valence-corrected chi connectivity index (χ2v) is 6.91. The van der Waals surface area contributed by atoms with Crippen molar-refractivity contribution in [3.8, 4) is 11.1 Å². The first-order chi connectivity index (χ1) is 12.1. The summed E-state index contributed by atoms with van der Waals surface area (Å²) in [5.74, 6) is 0.101. The smallest absolute Gasteiger partial charge is 0.254 e. The molecule has 0 aromatic heterocycles. The van der Waals surface area contributed by atoms with E-state index in [1.54, 1.807) is 0 Å². The molecule has 2 aromatic carbocycles. The van der Waals surface area contributed by atoms with E-state index < -0.39 is 0 Å². The van der Waals surface area contributed by atoms with Gasteiger partial charge in [-0.05, 0) is 54.7 Å². The minimum Gasteiger partial charge on any atom is -0.378 e. The predicted molar refractivity (Wildman–Crippen MR) is 118 cm³/mol. The van der Waals surface area contributed by atoms with Gasteiger partial charge < -0.3 is 15.5 Å². The number of carbonyl (C=O) groups excluding carboxylic acids is 1. The Balaban J connectivity index is 0.00000182. The Labute approximate surface area is 174 Å². The van der Waals surface area contributed by atoms with Crippen molar-refractivity contribution in [1.82, 2.24) is 4.90 Å². The van der Waals surface area contributed by atoms with Crippen molar-refractivity contribution in [2.45, 2.75) is 25.3 Å². The van der Waals surface area contributed by atoms with Crippen molar-refractivity contribution in [2.75, 3.05) is 32.1 Å². The van der Waals surface area contributed by atoms with Gasteiger partial charge in [0.2, 0.25) is 0 Å². The summed E-state index contributed by atoms with van der Waals surface area (Å²) in [5, 5.41) is 0. The molecular formula is C21H29Cl2N3O. The Kier molecular flexibility index (Phi) is 9.10. The van der Waals surface area contributed by atoms with Crippen molar-refractivity contribution in [2.24, 2.45) is 5.73 Å². The molecule has 0 aliphatic carbocycles. The van der Waals surface area contributed by atoms with Crippen LogP contribution in [0.5, 0.6) is 0 Å². The highest BCUT2D eigenvalue weighted by atomic mass is 35.5. The Morgan fingerprint density at radius 2 is 1.78 bits per heavy atom. The zero-order valence-corrected chi connectivity index (χ0v) is 17.6. The topological polar surface area (TPSA) is 49.6 Å². The molecule has 1 aliphatic rings. The number of anilines is 1. The second kappa shape index (κ2) is 10.5. The fraction of sp³-hybridized carbons (Fsp3) is 0.381. The van der Waals surface area contributed by atoms with Crippen molar-refractivity contribution >= 4 is 36.4 Å². The Morgan fingerprint density at radius 3 is 2.41 bits per heavy atom. The lowest BCUT2D eigenvalue weighted by molar-refractivity contribution is 0.0623. The van der Waals surface area contributed by atoms with E-state index in [2.05, 4.69) is 29.2 Å². The average molecular weight is 410 g/mol. The van der Waals surface area contributed by atoms with Crippen molar-refractivity contribution in [3.05, 3.63) is 54.1 Å². The van der Waals surface area contributed by atoms with E-state index in [0.717, 1.165) is 48.2 Å². The standard InChI is InChI=1S/C21H27N3O.2ClH/c1-23(2)19-8-5-6-18(14-19)16-9-11-17(12-10-16)21(25)24-13-4-3-7-20(24)15-22;;/h5-6,8-12,14,20H,3-4,7,13,15,22H2,1-2H3;2*1H. The van der Waals surface area contributed by atoms with Crippen LogP contribution in [-0.4, -0.2) is 44.0 Å². The summed E-state index contributed by atoms with van der Waals surface area (Å²) in [4.78, 5) is 16.9. The SMILES string of the molecule is CN(C)c1cccc(-c2ccc(C(=O)N3CCCCC3CN)cc2)c1.Cl.Cl. The first-order valence-corrected chi connectivity index (χ1v) is 8.99. The highest BCUT2D eigenvalue weighted by molar-refractivity contribution is 5.95. The minimum absolute atomic E-state index is 0. The van der Waals surface area contributed by atoms with Crippen LogP contribution >= 0.6 is 24.8 Å². The molecule has 1 aliphatic heterocycles. The Bertz CT molecular complexity index is 734. The molecule has 0 radical (unpaired) electrons. The maximum atomic E-state index is 12.8. The molecule has 1 heterocycles. The molecule has 1 amide bonds. The van der Waals surface area contributed by atoms with Gasteiger partial charge in [-0.15, -0.1) is 24.8 Å². The fourth-order valence-electron chi connectivity index (χ4n) is 3.45. The maximum Gasteiger partial charge on any atom is 0.254 e. The van der Waals surface area contributed by atoms with Gasteiger partial charge in [-0.25, -0.2) is 0 Å². The van der Waals surface area contributed by atoms with Crippen molar-refractivity contribution in [3.63, 3.8) is 0 Å². The molecule has 0 bridgehead atoms. The van der Waals surface area contributed by atoms with Gasteiger partial charge in [0, 0.05) is 44.5 Å². The second-order valence-electron chi connectivity index (χ2n) is 6.91. The van der Waals surface area contributed by atoms with Crippen LogP contribution in [-0.2, 0) is 0 Å². The number of piperidine rings is 1. The number of nitrogens with zero attached hydrogens (tertiary/aromatic N) is 2. The zero-order chi connectivity index (χ0) is 17.8. The molecular weight excluding hydrogens is 381 g/mol. The van der Waals surface area contributed by atoms with Gasteiger partial charge in [0.25, 0.3) is 5.91 Å². The van der Waals surface area contributed by atoms with Gasteiger partial charge in [-0.2, -0.15) is 0 Å². The molecule has 4 nitrogen and oxygen atoms in total. The van der Waals surface area contributed by atoms with Gasteiger partial charge in [0.05, 0.1) is 0 Å². The van der Waals surface area contributed by atoms with Gasteiger partial charge in [0.15, 0.2) is 0 Å². The molecule has 1 atom stereocenters. The molecule has 1 saturated heterocycles. The highest BCUT2D eigenvalue weighted by Crippen LogP contribution is 2.25. The van der Waals surface area contributed by atoms with Crippen LogP contribution in [0.4, 0.5) is 5.69 Å². The number of likely N-dealkylation sites (tertiary alicyclic amines) is 1. The monoisotopic (exact) mass is 409 g/mol. The zero-order valence-electron chi connectivity index (χ0n) is 15.9. The summed E-state index contributed by atoms with van der Waals surface area (Å²) in [6, 6.07) is 16.5. The first-order valence-electron chi connectivity index (χ1n) is 8.99. The molecule has 1 unspecified atom stereocenters. The number of benzene rings is 2. The molecule has 0 saturated carbocycles. The van der Waals surface area contributed by atoms with E-state index in [-0.39, 0.29) is 36.8 Å². The number of carbonyl (C=O) groups is 1. The number of rotatable bonds is 4. The normalized spacial score (nSPS) is 16.1. The van der Waals surface area contributed by atoms with Gasteiger partial charge in [-0.1, -0.05) is 24.3 Å². The Hall–Kier alpha value is -1.75. The third kappa shape index (κ3) is 5.38. The van der Waals surface area contributed by atoms with Gasteiger partial charge >= 0.3 is 0 Å². The minimum atomic E-state index is 0. The van der Waals surface area contributed by atoms with E-state index in [1.165, 1.54) is 0 Å². The van der Waals surface area contributed by atoms with E-state index in [9.17, 15) is 4.79 Å². The van der Waals surface area contributed by atoms with Crippen LogP contribution in [0.1, 0.15) is 29.6 Å². The van der Waals surface area contributed by atoms with Crippen LogP contribution in [0.25, 0.3) is 11.1 Å². The number of hydrogen-bond acceptors (Lipinski definition) is 3. The number of amides is 1. The van der Waals surface area contributed by atoms with E-state index in [0.29, 0.717) is 6.54 Å². The summed E-state index contributed by atoms with van der Waals surface area (Å²) in [6.45, 7) is 1.36. The summed E-state index contributed by atoms with van der Waals surface area (Å²) < 4.78 is 0. The lowest BCUT2D eigenvalue weighted by Gasteiger charge is -2.35. The third-order valence-corrected chi connectivity index (χ3v) is 4.99. The number of nitrogens with two attached hydrogens (primary N) is 1. The molecule has 6 heteroatoms. The van der Waals surface area contributed by atoms with Crippen LogP contribution in [0.3, 0.4) is 0 Å². The third-order valence-electron chi connectivity index (χ3n) is 4.99. The molecule has 0 spiro atoms. The highest BCUT2D eigenvalue weighted by Gasteiger charge is 2.26. The average Bonchev–Trinajstić information content (AvgIpc) is 2.67. The lowest BCUT2D eigenvalue weighted by Crippen LogP contribution is -2.47. The van der Waals surface area contributed by atoms with Gasteiger partial charge in [0.1, 0.15) is 0 Å². The lowest BCUT2D eigenvalue weighted by atomic mass is 9.99. The van der Waals surface area contributed by atoms with Crippen molar-refractivity contribution < 1.29 is 4.79 Å². The summed E-state index contributed by atoms with van der Waals surface area (Å²) in [7, 11) is 4.07. The van der Waals surface area contributed by atoms with Crippen LogP contribution in [0.2, 0.25) is 0 Å². The van der Waals surface area contributed by atoms with E-state index in [1.807, 2.05) is 43.3 Å². The molecule has 2 aromatic rings. The summed E-state index contributed by atoms with van der Waals surface area (Å²) in [6.07, 6.45) is 3.24. The quantitative estimate of drug-likeness (QED) is 0.821. The molecule has 27 heavy (non-hydrogen) atoms. The number of halogens is 2. The molecule has 2 N–H and O–H groups in total. The summed E-state index contributed by atoms with van der Waals surface area (Å²) >= 11 is 0. The maximum absolute atomic E-state index is 12.8. The van der Waals surface area contributed by atoms with Crippen molar-refractivity contribution in [1.29, 1.82) is 0 Å². The number of hydrogen-bond donors (Lipinski definition) is 1. The largest absolute Gasteiger partial charge is 0.378 e. The van der Waals surface area contributed by atoms with E-state index >= 15 is 0 Å².